The first-order chi connectivity index (χ1) is 61.0. The van der Waals surface area contributed by atoms with Gasteiger partial charge in [0.15, 0.2) is 6.29 Å². The number of hydrogen-bond donors (Lipinski definition) is 7. The minimum atomic E-state index is -0.956. The molecule has 21 nitrogen and oxygen atoms in total. The van der Waals surface area contributed by atoms with Crippen molar-refractivity contribution in [2.45, 2.75) is 337 Å². The minimum Gasteiger partial charge on any atom is -0.462 e. The van der Waals surface area contributed by atoms with Gasteiger partial charge in [-0.3, -0.25) is 24.0 Å². The number of carbonyl (C=O) groups excluding carboxylic acids is 8. The van der Waals surface area contributed by atoms with Crippen LogP contribution >= 0.6 is 0 Å². The Bertz CT molecular complexity index is 4540. The summed E-state index contributed by atoms with van der Waals surface area (Å²) in [5.74, 6) is -0.890. The molecular formula is C108H152O21. The van der Waals surface area contributed by atoms with Gasteiger partial charge in [0.05, 0.1) is 59.4 Å². The number of cyclic esters (lactones) is 2. The molecule has 710 valence electrons. The van der Waals surface area contributed by atoms with Gasteiger partial charge in [-0.2, -0.15) is 0 Å². The van der Waals surface area contributed by atoms with Crippen molar-refractivity contribution < 1.29 is 103 Å². The Morgan fingerprint density at radius 1 is 0.341 bits per heavy atom. The lowest BCUT2D eigenvalue weighted by Gasteiger charge is -2.64. The number of benzene rings is 3. The van der Waals surface area contributed by atoms with E-state index in [1.165, 1.54) is 0 Å². The van der Waals surface area contributed by atoms with Crippen molar-refractivity contribution >= 4 is 47.2 Å². The first kappa shape index (κ1) is 95.8. The van der Waals surface area contributed by atoms with Crippen LogP contribution in [0.25, 0.3) is 0 Å². The van der Waals surface area contributed by atoms with E-state index in [9.17, 15) is 74.1 Å². The summed E-state index contributed by atoms with van der Waals surface area (Å²) in [7, 11) is 0. The summed E-state index contributed by atoms with van der Waals surface area (Å²) in [6, 6.07) is 26.5. The molecule has 3 aromatic carbocycles. The van der Waals surface area contributed by atoms with Crippen molar-refractivity contribution in [3.8, 4) is 0 Å². The van der Waals surface area contributed by atoms with Crippen LogP contribution in [0.2, 0.25) is 0 Å². The quantitative estimate of drug-likeness (QED) is 0.0549. The summed E-state index contributed by atoms with van der Waals surface area (Å²) < 4.78 is 37.6. The molecule has 0 radical (unpaired) electrons. The van der Waals surface area contributed by atoms with Gasteiger partial charge < -0.3 is 64.2 Å². The molecule has 0 amide bonds. The van der Waals surface area contributed by atoms with Crippen LogP contribution in [0.4, 0.5) is 0 Å². The van der Waals surface area contributed by atoms with Crippen LogP contribution in [0.15, 0.2) is 91.0 Å². The fraction of sp³-hybridized carbons (Fsp3) is 0.759. The Balaban J connectivity index is 0.000000150. The Morgan fingerprint density at radius 2 is 0.674 bits per heavy atom. The summed E-state index contributed by atoms with van der Waals surface area (Å²) >= 11 is 0. The first-order valence-corrected chi connectivity index (χ1v) is 50.2. The van der Waals surface area contributed by atoms with Gasteiger partial charge in [0.1, 0.15) is 47.9 Å². The predicted octanol–water partition coefficient (Wildman–Crippen LogP) is 16.6. The molecule has 3 heterocycles. The van der Waals surface area contributed by atoms with Gasteiger partial charge in [-0.25, -0.2) is 14.4 Å². The zero-order valence-electron chi connectivity index (χ0n) is 79.3. The summed E-state index contributed by atoms with van der Waals surface area (Å²) in [5, 5.41) is 76.5. The van der Waals surface area contributed by atoms with Crippen LogP contribution < -0.4 is 0 Å². The van der Waals surface area contributed by atoms with E-state index in [2.05, 4.69) is 104 Å². The van der Waals surface area contributed by atoms with Crippen LogP contribution in [-0.2, 0) is 52.4 Å². The third kappa shape index (κ3) is 17.3. The second kappa shape index (κ2) is 37.1. The number of ketones is 3. The summed E-state index contributed by atoms with van der Waals surface area (Å²) in [6.45, 7) is 32.9. The SMILES string of the molecule is CC(C)C1CC(=O)OC(C(C)C2CC(=O)C3C4C(CC[C@]23C)[C@@]2(C)CC[C@@H](O)CC2[C@@H](O)[C@@H]4O)C1.CC(C)C1CC(=O)OC(C(C)C2CC(=O)C3C4C(CC[C@]23C)[C@@]2(C)CC[C@@H](OC(=O)c3ccccc3)CC2[C@@H](OC(=O)c2ccccc2)[C@@H]4OC(=O)c2ccccc2)C1.CC(C)C1CC(O)OC(C(C)C2CC(=O)C3C4C(CC[C@]23C)[C@@]2(C)CC[C@@H](O)CC2[C@@H](O)[C@@H]4O)C1. The van der Waals surface area contributed by atoms with Crippen LogP contribution in [0.1, 0.15) is 289 Å². The third-order valence-corrected chi connectivity index (χ3v) is 39.8. The Kier molecular flexibility index (Phi) is 27.5. The normalized spacial score (nSPS) is 45.7. The van der Waals surface area contributed by atoms with Gasteiger partial charge in [0, 0.05) is 80.0 Å². The monoisotopic (exact) mass is 1790 g/mol. The summed E-state index contributed by atoms with van der Waals surface area (Å²) in [6.07, 6.45) is 8.47. The highest BCUT2D eigenvalue weighted by atomic mass is 16.6. The standard InChI is InChI=1S/C50H58O9.C29H48O6.C29H46O6/c1-29(2)34-25-40(57-41(52)26-34)30(3)37-28-39(51)43-42-36(22-24-50(37,43)5)49(4)23-21-35(56-46(53)31-15-9-6-10-16-31)27-38(49)44(58-47(54)32-17-11-7-12-18-32)45(42)59-48(55)33-19-13-8-14-20-33;2*1-14(2)16-10-22(35-23(32)11-16)15(3)19-13-21(31)25-24-18(7-9-29(19,25)5)28(4)8-6-17(30)12-20(28)26(33)27(24)34/h6-20,29-30,34-38,40,42-45H,21-28H2,1-5H3;14-20,22-27,30,32-34H,6-13H2,1-5H3;14-20,22,24-27,30,33-34H,6-13H2,1-5H3/t30?,34?,35-,36?,37?,38?,40?,42?,43?,44-,45-,49-,50-;15?,16?,17-,18?,19?,20?,22?,23?,24?,25?,26-,27-,28-,29-;15?,16?,17-,18?,19?,20?,22?,24?,25?,26-,27-,28-,29-/m111/s1. The summed E-state index contributed by atoms with van der Waals surface area (Å²) in [5.41, 5.74) is -0.561. The molecule has 15 fully saturated rings. The maximum Gasteiger partial charge on any atom is 0.338 e. The number of ether oxygens (including phenoxy) is 6. The van der Waals surface area contributed by atoms with Gasteiger partial charge in [-0.05, 0) is 285 Å². The van der Waals surface area contributed by atoms with Gasteiger partial charge >= 0.3 is 29.8 Å². The Labute approximate surface area is 765 Å². The van der Waals surface area contributed by atoms with E-state index in [1.54, 1.807) is 72.8 Å². The number of aliphatic hydroxyl groups excluding tert-OH is 7. The molecule has 7 N–H and O–H groups in total. The first-order valence-electron chi connectivity index (χ1n) is 50.2. The topological polar surface area (TPSA) is 334 Å². The average molecular weight is 1790 g/mol. The molecule has 129 heavy (non-hydrogen) atoms. The highest BCUT2D eigenvalue weighted by Crippen LogP contribution is 2.73. The van der Waals surface area contributed by atoms with Crippen LogP contribution in [-0.4, -0.2) is 162 Å². The average Bonchev–Trinajstić information content (AvgIpc) is 1.47. The van der Waals surface area contributed by atoms with E-state index >= 15 is 0 Å². The minimum absolute atomic E-state index is 0.0487. The molecule has 21 heteroatoms. The highest BCUT2D eigenvalue weighted by molar-refractivity contribution is 5.92. The molecule has 12 aliphatic carbocycles. The van der Waals surface area contributed by atoms with E-state index in [0.717, 1.165) is 83.5 Å². The van der Waals surface area contributed by atoms with Crippen LogP contribution in [0.5, 0.6) is 0 Å². The molecule has 3 aromatic rings. The lowest BCUT2D eigenvalue weighted by atomic mass is 9.43. The molecule has 12 saturated carbocycles. The lowest BCUT2D eigenvalue weighted by Crippen LogP contribution is -2.66. The van der Waals surface area contributed by atoms with Crippen molar-refractivity contribution in [3.63, 3.8) is 0 Å². The molecule has 0 bridgehead atoms. The van der Waals surface area contributed by atoms with Gasteiger partial charge in [0.2, 0.25) is 0 Å². The smallest absolute Gasteiger partial charge is 0.338 e. The number of hydrogen-bond acceptors (Lipinski definition) is 21. The van der Waals surface area contributed by atoms with Crippen molar-refractivity contribution in [1.82, 2.24) is 0 Å². The zero-order chi connectivity index (χ0) is 92.5. The van der Waals surface area contributed by atoms with E-state index in [-0.39, 0.29) is 170 Å². The van der Waals surface area contributed by atoms with Gasteiger partial charge in [-0.15, -0.1) is 0 Å². The number of Topliss-reactive ketones (excluding diaryl/α,β-unsaturated/α-hetero) is 3. The molecular weight excluding hydrogens is 1630 g/mol. The van der Waals surface area contributed by atoms with Gasteiger partial charge in [-0.1, -0.05) is 158 Å². The molecule has 18 rings (SSSR count). The van der Waals surface area contributed by atoms with Crippen molar-refractivity contribution in [2.75, 3.05) is 0 Å². The second-order valence-corrected chi connectivity index (χ2v) is 46.9. The summed E-state index contributed by atoms with van der Waals surface area (Å²) in [4.78, 5) is 110. The van der Waals surface area contributed by atoms with Crippen LogP contribution in [0, 0.1) is 175 Å². The maximum absolute atomic E-state index is 14.9. The zero-order valence-corrected chi connectivity index (χ0v) is 79.3. The fourth-order valence-corrected chi connectivity index (χ4v) is 32.2. The van der Waals surface area contributed by atoms with Crippen molar-refractivity contribution in [2.24, 2.45) is 175 Å². The molecule has 3 aliphatic heterocycles. The van der Waals surface area contributed by atoms with E-state index < -0.39 is 102 Å². The lowest BCUT2D eigenvalue weighted by molar-refractivity contribution is -0.227. The highest BCUT2D eigenvalue weighted by Gasteiger charge is 2.73. The molecule has 3 saturated heterocycles. The van der Waals surface area contributed by atoms with E-state index in [1.807, 2.05) is 18.2 Å². The second-order valence-electron chi connectivity index (χ2n) is 46.9. The maximum atomic E-state index is 14.9. The molecule has 40 atom stereocenters. The van der Waals surface area contributed by atoms with Crippen molar-refractivity contribution in [3.05, 3.63) is 108 Å². The van der Waals surface area contributed by atoms with Crippen molar-refractivity contribution in [1.29, 1.82) is 0 Å². The Morgan fingerprint density at radius 3 is 1.07 bits per heavy atom. The largest absolute Gasteiger partial charge is 0.462 e. The Hall–Kier alpha value is -6.30. The molecule has 0 aromatic heterocycles. The predicted molar refractivity (Wildman–Crippen MR) is 483 cm³/mol. The number of fused-ring (bicyclic) bond motifs is 15. The van der Waals surface area contributed by atoms with E-state index in [0.29, 0.717) is 117 Å². The van der Waals surface area contributed by atoms with E-state index in [4.69, 9.17) is 28.4 Å². The fourth-order valence-electron chi connectivity index (χ4n) is 32.2. The number of carbonyl (C=O) groups is 8. The number of aliphatic hydroxyl groups is 7. The third-order valence-electron chi connectivity index (χ3n) is 39.8. The van der Waals surface area contributed by atoms with Gasteiger partial charge in [0.25, 0.3) is 0 Å². The molecule has 25 unspecified atom stereocenters. The van der Waals surface area contributed by atoms with Crippen LogP contribution in [0.3, 0.4) is 0 Å². The molecule has 15 aliphatic rings. The number of rotatable bonds is 15. The number of esters is 5. The molecule has 0 spiro atoms.